The summed E-state index contributed by atoms with van der Waals surface area (Å²) in [7, 11) is 0. The number of aromatic nitrogens is 18. The predicted octanol–water partition coefficient (Wildman–Crippen LogP) is 7.51. The van der Waals surface area contributed by atoms with Crippen molar-refractivity contribution in [2.24, 2.45) is 5.73 Å². The van der Waals surface area contributed by atoms with E-state index >= 15 is 0 Å². The molecular formula is C50H66N20O3S. The van der Waals surface area contributed by atoms with Crippen LogP contribution in [0.2, 0.25) is 0 Å². The summed E-state index contributed by atoms with van der Waals surface area (Å²) in [5.41, 5.74) is 25.9. The number of H-pyrrole nitrogens is 2. The number of carboxylic acids is 1. The fourth-order valence-corrected chi connectivity index (χ4v) is 5.31. The Morgan fingerprint density at radius 1 is 0.622 bits per heavy atom. The number of nitrogens with two attached hydrogens (primary N) is 2. The third kappa shape index (κ3) is 26.4. The minimum Gasteiger partial charge on any atom is -0.480 e. The van der Waals surface area contributed by atoms with Gasteiger partial charge < -0.3 is 31.0 Å². The van der Waals surface area contributed by atoms with Gasteiger partial charge in [0.2, 0.25) is 5.13 Å². The Morgan fingerprint density at radius 3 is 1.47 bits per heavy atom. The van der Waals surface area contributed by atoms with Gasteiger partial charge in [0, 0.05) is 62.9 Å². The van der Waals surface area contributed by atoms with Gasteiger partial charge in [0.1, 0.15) is 23.6 Å². The number of carbonyl (C=O) groups is 1. The highest BCUT2D eigenvalue weighted by Crippen LogP contribution is 2.07. The van der Waals surface area contributed by atoms with Crippen LogP contribution < -0.4 is 11.5 Å². The number of hydrogen-bond donors (Lipinski definition) is 5. The zero-order chi connectivity index (χ0) is 54.8. The molecule has 0 fully saturated rings. The van der Waals surface area contributed by atoms with E-state index in [1.807, 2.05) is 114 Å². The first-order valence-electron chi connectivity index (χ1n) is 22.6. The zero-order valence-corrected chi connectivity index (χ0v) is 44.9. The molecule has 1 unspecified atom stereocenters. The summed E-state index contributed by atoms with van der Waals surface area (Å²) in [4.78, 5) is 64.3. The summed E-state index contributed by atoms with van der Waals surface area (Å²) < 4.78 is 5.10. The Labute approximate surface area is 434 Å². The SMILES string of the molecule is Cc1cnc(C)c(C)n1.Cc1cnc(C)c(C)n1.Cc1nc(C)c(C)nc1C.Cc1nc(C)c(C)o1.NC(Cc1c[nH]cn1)C(=O)O.Nc1nncs1.c1ccc2[nH]cnc2c1.c1cnccn1.c1cnncn1. The first-order chi connectivity index (χ1) is 35.3. The number of imidazole rings is 2. The van der Waals surface area contributed by atoms with E-state index in [1.165, 1.54) is 30.2 Å². The van der Waals surface area contributed by atoms with Crippen LogP contribution >= 0.6 is 11.3 Å². The summed E-state index contributed by atoms with van der Waals surface area (Å²) in [6.07, 6.45) is 19.7. The highest BCUT2D eigenvalue weighted by Gasteiger charge is 2.12. The Bertz CT molecular complexity index is 2810. The maximum Gasteiger partial charge on any atom is 0.320 e. The summed E-state index contributed by atoms with van der Waals surface area (Å²) in [6.45, 7) is 25.4. The van der Waals surface area contributed by atoms with Crippen LogP contribution in [-0.2, 0) is 11.2 Å². The number of carboxylic acid groups (broad SMARTS) is 1. The highest BCUT2D eigenvalue weighted by molar-refractivity contribution is 7.13. The lowest BCUT2D eigenvalue weighted by atomic mass is 10.2. The quantitative estimate of drug-likeness (QED) is 0.114. The van der Waals surface area contributed by atoms with Crippen LogP contribution in [-0.4, -0.2) is 107 Å². The van der Waals surface area contributed by atoms with Gasteiger partial charge in [0.05, 0.1) is 98.2 Å². The molecule has 9 aromatic heterocycles. The minimum atomic E-state index is -1.01. The van der Waals surface area contributed by atoms with Crippen molar-refractivity contribution in [3.63, 3.8) is 0 Å². The molecule has 0 bridgehead atoms. The number of para-hydroxylation sites is 2. The molecular weight excluding hydrogens is 961 g/mol. The van der Waals surface area contributed by atoms with Crippen LogP contribution in [0.5, 0.6) is 0 Å². The number of aryl methyl sites for hydroxylation is 13. The average molecular weight is 1030 g/mol. The van der Waals surface area contributed by atoms with Crippen LogP contribution in [0, 0.1) is 90.0 Å². The first kappa shape index (κ1) is 61.3. The van der Waals surface area contributed by atoms with Gasteiger partial charge in [-0.3, -0.25) is 44.7 Å². The van der Waals surface area contributed by atoms with Crippen molar-refractivity contribution in [3.8, 4) is 0 Å². The van der Waals surface area contributed by atoms with E-state index in [2.05, 4.69) is 90.2 Å². The molecule has 7 N–H and O–H groups in total. The second-order valence-electron chi connectivity index (χ2n) is 15.4. The maximum absolute atomic E-state index is 10.3. The van der Waals surface area contributed by atoms with E-state index in [9.17, 15) is 4.79 Å². The molecule has 10 rings (SSSR count). The van der Waals surface area contributed by atoms with Gasteiger partial charge >= 0.3 is 5.97 Å². The average Bonchev–Trinajstić information content (AvgIpc) is 4.24. The van der Waals surface area contributed by atoms with Crippen molar-refractivity contribution in [2.45, 2.75) is 102 Å². The normalized spacial score (nSPS) is 9.92. The number of hydrogen-bond acceptors (Lipinski definition) is 21. The second-order valence-corrected chi connectivity index (χ2v) is 16.3. The number of nitrogens with one attached hydrogen (secondary N) is 2. The molecule has 390 valence electrons. The largest absolute Gasteiger partial charge is 0.480 e. The number of fused-ring (bicyclic) bond motifs is 1. The molecule has 0 amide bonds. The number of rotatable bonds is 3. The maximum atomic E-state index is 10.3. The lowest BCUT2D eigenvalue weighted by molar-refractivity contribution is -0.138. The smallest absolute Gasteiger partial charge is 0.320 e. The Balaban J connectivity index is 0.000000287. The molecule has 0 aliphatic rings. The Hall–Kier alpha value is -8.77. The number of anilines is 1. The molecule has 9 heterocycles. The fourth-order valence-electron chi connectivity index (χ4n) is 5.01. The topological polar surface area (TPSA) is 340 Å². The van der Waals surface area contributed by atoms with E-state index in [4.69, 9.17) is 21.0 Å². The lowest BCUT2D eigenvalue weighted by Gasteiger charge is -2.01. The van der Waals surface area contributed by atoms with Gasteiger partial charge in [-0.1, -0.05) is 23.5 Å². The van der Waals surface area contributed by atoms with Crippen LogP contribution in [0.25, 0.3) is 11.0 Å². The van der Waals surface area contributed by atoms with E-state index in [1.54, 1.807) is 61.4 Å². The van der Waals surface area contributed by atoms with Crippen molar-refractivity contribution in [1.29, 1.82) is 0 Å². The molecule has 74 heavy (non-hydrogen) atoms. The van der Waals surface area contributed by atoms with Crippen LogP contribution in [0.4, 0.5) is 5.13 Å². The van der Waals surface area contributed by atoms with Gasteiger partial charge in [-0.25, -0.2) is 19.9 Å². The van der Waals surface area contributed by atoms with E-state index < -0.39 is 12.0 Å². The number of aromatic amines is 2. The first-order valence-corrected chi connectivity index (χ1v) is 23.5. The van der Waals surface area contributed by atoms with Crippen LogP contribution in [0.15, 0.2) is 109 Å². The number of nitrogen functional groups attached to an aromatic ring is 1. The highest BCUT2D eigenvalue weighted by atomic mass is 32.1. The summed E-state index contributed by atoms with van der Waals surface area (Å²) in [5, 5.41) is 22.8. The number of aliphatic carboxylic acids is 1. The van der Waals surface area contributed by atoms with Gasteiger partial charge in [0.15, 0.2) is 5.89 Å². The lowest BCUT2D eigenvalue weighted by Crippen LogP contribution is -2.32. The van der Waals surface area contributed by atoms with Gasteiger partial charge in [-0.05, 0) is 95.2 Å². The molecule has 1 aromatic carbocycles. The minimum absolute atomic E-state index is 0.263. The third-order valence-electron chi connectivity index (χ3n) is 9.37. The third-order valence-corrected chi connectivity index (χ3v) is 9.89. The van der Waals surface area contributed by atoms with E-state index in [-0.39, 0.29) is 6.42 Å². The molecule has 0 saturated heterocycles. The van der Waals surface area contributed by atoms with Gasteiger partial charge in [-0.2, -0.15) is 5.10 Å². The molecule has 1 atom stereocenters. The van der Waals surface area contributed by atoms with Gasteiger partial charge in [0.25, 0.3) is 0 Å². The summed E-state index contributed by atoms with van der Waals surface area (Å²) in [6, 6.07) is 7.08. The molecule has 0 aliphatic heterocycles. The molecule has 0 spiro atoms. The van der Waals surface area contributed by atoms with Crippen LogP contribution in [0.3, 0.4) is 0 Å². The summed E-state index contributed by atoms with van der Waals surface area (Å²) in [5.74, 6) is 0.663. The van der Waals surface area contributed by atoms with Crippen LogP contribution in [0.1, 0.15) is 80.0 Å². The van der Waals surface area contributed by atoms with Crippen molar-refractivity contribution in [2.75, 3.05) is 5.73 Å². The predicted molar refractivity (Wildman–Crippen MR) is 284 cm³/mol. The Morgan fingerprint density at radius 2 is 1.16 bits per heavy atom. The number of oxazole rings is 1. The van der Waals surface area contributed by atoms with Crippen molar-refractivity contribution in [1.82, 2.24) is 90.2 Å². The van der Waals surface area contributed by atoms with E-state index in [0.717, 1.165) is 85.3 Å². The molecule has 23 nitrogen and oxygen atoms in total. The standard InChI is InChI=1S/C8H12N2.C7H6N2.2C7H10N2.C6H9N3O2.C6H9NO.C4H4N2.C3H3N3.C2H3N3S/c1-5-6(2)10-8(4)7(3)9-5;1-2-4-7-6(3-1)8-5-9-7;2*1-5-4-8-6(2)7(3)9-5;7-5(6(10)11)1-4-2-8-3-9-4;1-4-5(2)8-6(3)7-4;1-2-6-4-3-5-1;1-2-5-6-3-4-1;3-2-5-4-1-6-2/h1-4H3;1-5H,(H,8,9);2*4H,1-3H3;2-3,5H,1,7H2,(H,8,9)(H,10,11);1-3H3;1-4H;1-3H;1H,(H2,3,5). The molecule has 0 aliphatic carbocycles. The van der Waals surface area contributed by atoms with E-state index in [0.29, 0.717) is 10.8 Å². The van der Waals surface area contributed by atoms with Crippen molar-refractivity contribution in [3.05, 3.63) is 185 Å². The summed E-state index contributed by atoms with van der Waals surface area (Å²) >= 11 is 1.33. The molecule has 0 radical (unpaired) electrons. The van der Waals surface area contributed by atoms with Crippen molar-refractivity contribution < 1.29 is 14.3 Å². The zero-order valence-electron chi connectivity index (χ0n) is 44.1. The Kier molecular flexibility index (Phi) is 28.6. The molecule has 0 saturated carbocycles. The molecule has 10 aromatic rings. The second kappa shape index (κ2) is 34.5. The number of nitrogens with zero attached hydrogens (tertiary/aromatic N) is 16. The van der Waals surface area contributed by atoms with Crippen molar-refractivity contribution >= 4 is 33.5 Å². The fraction of sp³-hybridized carbons (Fsp3) is 0.300. The number of benzene rings is 1. The van der Waals surface area contributed by atoms with Gasteiger partial charge in [-0.15, -0.1) is 15.3 Å². The monoisotopic (exact) mass is 1030 g/mol. The molecule has 24 heteroatoms.